The minimum absolute atomic E-state index is 0.0443. The molecule has 0 radical (unpaired) electrons. The van der Waals surface area contributed by atoms with E-state index in [0.717, 1.165) is 23.8 Å². The fourth-order valence-electron chi connectivity index (χ4n) is 5.15. The van der Waals surface area contributed by atoms with Crippen molar-refractivity contribution in [1.82, 2.24) is 20.1 Å². The Morgan fingerprint density at radius 2 is 1.50 bits per heavy atom. The maximum Gasteiger partial charge on any atom is 0.490 e. The molecule has 0 saturated heterocycles. The van der Waals surface area contributed by atoms with E-state index in [0.29, 0.717) is 24.2 Å². The Labute approximate surface area is 320 Å². The van der Waals surface area contributed by atoms with Gasteiger partial charge in [-0.25, -0.2) is 13.6 Å². The minimum Gasteiger partial charge on any atom is -0.480 e. The van der Waals surface area contributed by atoms with Crippen LogP contribution in [0.15, 0.2) is 60.8 Å². The molecule has 3 amide bonds. The highest BCUT2D eigenvalue weighted by atomic mass is 19.4. The molecule has 0 aliphatic rings. The molecular formula is C37H49F5N6O8. The number of nitrogens with two attached hydrogens (primary N) is 2. The Bertz CT molecular complexity index is 1750. The fourth-order valence-corrected chi connectivity index (χ4v) is 5.15. The molecule has 2 unspecified atom stereocenters. The molecule has 2 atom stereocenters. The second kappa shape index (κ2) is 22.9. The summed E-state index contributed by atoms with van der Waals surface area (Å²) in [6.07, 6.45) is -2.92. The molecule has 310 valence electrons. The first-order valence-corrected chi connectivity index (χ1v) is 17.2. The second-order valence-corrected chi connectivity index (χ2v) is 13.2. The molecule has 14 nitrogen and oxygen atoms in total. The summed E-state index contributed by atoms with van der Waals surface area (Å²) in [5.74, 6) is -6.02. The third kappa shape index (κ3) is 16.5. The maximum absolute atomic E-state index is 14.9. The summed E-state index contributed by atoms with van der Waals surface area (Å²) in [7, 11) is 0. The highest BCUT2D eigenvalue weighted by Gasteiger charge is 2.39. The summed E-state index contributed by atoms with van der Waals surface area (Å²) >= 11 is 0. The first-order valence-electron chi connectivity index (χ1n) is 17.2. The first kappa shape index (κ1) is 48.6. The monoisotopic (exact) mass is 800 g/mol. The molecule has 0 aliphatic carbocycles. The van der Waals surface area contributed by atoms with Gasteiger partial charge >= 0.3 is 18.1 Å². The molecule has 19 heteroatoms. The summed E-state index contributed by atoms with van der Waals surface area (Å²) in [5, 5.41) is 30.0. The Kier molecular flexibility index (Phi) is 19.8. The number of carbonyl (C=O) groups is 5. The predicted molar refractivity (Wildman–Crippen MR) is 196 cm³/mol. The maximum atomic E-state index is 14.9. The van der Waals surface area contributed by atoms with Crippen LogP contribution in [0.2, 0.25) is 0 Å². The third-order valence-electron chi connectivity index (χ3n) is 7.74. The molecule has 9 N–H and O–H groups in total. The van der Waals surface area contributed by atoms with E-state index in [9.17, 15) is 46.2 Å². The Balaban J connectivity index is 0.00000113. The van der Waals surface area contributed by atoms with Crippen LogP contribution in [0.3, 0.4) is 0 Å². The van der Waals surface area contributed by atoms with E-state index in [4.69, 9.17) is 20.7 Å². The average molecular weight is 801 g/mol. The van der Waals surface area contributed by atoms with Crippen molar-refractivity contribution >= 4 is 29.7 Å². The SMILES string of the molecule is CCC(=O)NCCNC(=O)C(N)CCN(C(=O)CO)C(c1cc(-c2cc(F)ccc2F)cn1Cc1ccccc1)C(C)(C)C.NCC(=O)O.O=C(O)C(F)(F)F. The zero-order chi connectivity index (χ0) is 42.8. The number of rotatable bonds is 15. The molecule has 0 fully saturated rings. The molecule has 3 aromatic rings. The molecule has 0 bridgehead atoms. The lowest BCUT2D eigenvalue weighted by molar-refractivity contribution is -0.192. The van der Waals surface area contributed by atoms with Crippen LogP contribution >= 0.6 is 0 Å². The lowest BCUT2D eigenvalue weighted by Crippen LogP contribution is -2.48. The van der Waals surface area contributed by atoms with Crippen molar-refractivity contribution in [1.29, 1.82) is 0 Å². The standard InChI is InChI=1S/C33H43F2N5O4.C2HF3O2.C2H5NO2/c1-5-29(42)37-14-15-38-32(44)27(36)13-16-40(30(43)21-41)31(33(2,3)4)28-17-23(25-18-24(34)11-12-26(25)35)20-39(28)19-22-9-7-6-8-10-22;3-2(4,5)1(6)7;3-1-2(4)5/h6-12,17-18,20,27,31,41H,5,13-16,19,21,36H2,1-4H3,(H,37,42)(H,38,44);(H,6,7);1,3H2,(H,4,5). The zero-order valence-corrected chi connectivity index (χ0v) is 31.4. The van der Waals surface area contributed by atoms with Gasteiger partial charge < -0.3 is 46.9 Å². The van der Waals surface area contributed by atoms with E-state index in [1.54, 1.807) is 19.2 Å². The molecular weight excluding hydrogens is 751 g/mol. The van der Waals surface area contributed by atoms with Crippen molar-refractivity contribution in [3.63, 3.8) is 0 Å². The Morgan fingerprint density at radius 1 is 0.929 bits per heavy atom. The van der Waals surface area contributed by atoms with Crippen LogP contribution in [0, 0.1) is 17.0 Å². The third-order valence-corrected chi connectivity index (χ3v) is 7.74. The molecule has 0 spiro atoms. The van der Waals surface area contributed by atoms with E-state index in [2.05, 4.69) is 16.4 Å². The van der Waals surface area contributed by atoms with Crippen molar-refractivity contribution in [2.75, 3.05) is 32.8 Å². The smallest absolute Gasteiger partial charge is 0.480 e. The van der Waals surface area contributed by atoms with Gasteiger partial charge in [0.25, 0.3) is 0 Å². The van der Waals surface area contributed by atoms with E-state index in [1.165, 1.54) is 4.90 Å². The van der Waals surface area contributed by atoms with E-state index >= 15 is 0 Å². The quantitative estimate of drug-likeness (QED) is 0.0875. The van der Waals surface area contributed by atoms with Crippen molar-refractivity contribution in [2.24, 2.45) is 16.9 Å². The number of aliphatic hydroxyl groups excluding tert-OH is 1. The number of carbonyl (C=O) groups excluding carboxylic acids is 3. The summed E-state index contributed by atoms with van der Waals surface area (Å²) in [6, 6.07) is 13.0. The van der Waals surface area contributed by atoms with E-state index in [-0.39, 0.29) is 44.1 Å². The number of aromatic nitrogens is 1. The number of alkyl halides is 3. The number of benzene rings is 2. The number of hydrogen-bond acceptors (Lipinski definition) is 8. The van der Waals surface area contributed by atoms with E-state index in [1.807, 2.05) is 55.7 Å². The molecule has 1 heterocycles. The lowest BCUT2D eigenvalue weighted by Gasteiger charge is -2.41. The molecule has 56 heavy (non-hydrogen) atoms. The summed E-state index contributed by atoms with van der Waals surface area (Å²) in [6.45, 7) is 7.40. The topological polar surface area (TPSA) is 230 Å². The largest absolute Gasteiger partial charge is 0.490 e. The fraction of sp³-hybridized carbons (Fsp3) is 0.432. The molecule has 3 rings (SSSR count). The van der Waals surface area contributed by atoms with Gasteiger partial charge in [-0.15, -0.1) is 0 Å². The van der Waals surface area contributed by atoms with Crippen molar-refractivity contribution in [2.45, 2.75) is 65.3 Å². The van der Waals surface area contributed by atoms with Gasteiger partial charge in [0, 0.05) is 55.6 Å². The molecule has 1 aromatic heterocycles. The normalized spacial score (nSPS) is 12.1. The lowest BCUT2D eigenvalue weighted by atomic mass is 9.82. The van der Waals surface area contributed by atoms with Gasteiger partial charge in [-0.3, -0.25) is 19.2 Å². The zero-order valence-electron chi connectivity index (χ0n) is 31.4. The van der Waals surface area contributed by atoms with Crippen LogP contribution in [-0.4, -0.2) is 99.5 Å². The number of aliphatic carboxylic acids is 2. The number of amides is 3. The van der Waals surface area contributed by atoms with Crippen LogP contribution in [0.25, 0.3) is 11.1 Å². The summed E-state index contributed by atoms with van der Waals surface area (Å²) in [4.78, 5) is 57.0. The van der Waals surface area contributed by atoms with Crippen molar-refractivity contribution < 1.29 is 61.2 Å². The van der Waals surface area contributed by atoms with Gasteiger partial charge in [-0.05, 0) is 41.7 Å². The number of halogens is 5. The highest BCUT2D eigenvalue weighted by Crippen LogP contribution is 2.41. The van der Waals surface area contributed by atoms with Crippen LogP contribution in [0.1, 0.15) is 57.8 Å². The highest BCUT2D eigenvalue weighted by molar-refractivity contribution is 5.82. The average Bonchev–Trinajstić information content (AvgIpc) is 3.53. The summed E-state index contributed by atoms with van der Waals surface area (Å²) in [5.41, 5.74) is 12.3. The van der Waals surface area contributed by atoms with Gasteiger partial charge in [0.15, 0.2) is 0 Å². The number of nitrogens with zero attached hydrogens (tertiary/aromatic N) is 2. The number of hydrogen-bond donors (Lipinski definition) is 7. The van der Waals surface area contributed by atoms with Crippen molar-refractivity contribution in [3.05, 3.63) is 83.7 Å². The number of carboxylic acids is 2. The number of aliphatic hydroxyl groups is 1. The molecule has 2 aromatic carbocycles. The second-order valence-electron chi connectivity index (χ2n) is 13.2. The molecule has 0 saturated carbocycles. The van der Waals surface area contributed by atoms with Crippen molar-refractivity contribution in [3.8, 4) is 11.1 Å². The number of carboxylic acid groups (broad SMARTS) is 2. The van der Waals surface area contributed by atoms with Crippen LogP contribution in [-0.2, 0) is 30.5 Å². The van der Waals surface area contributed by atoms with Crippen LogP contribution in [0.5, 0.6) is 0 Å². The van der Waals surface area contributed by atoms with E-state index < -0.39 is 65.7 Å². The van der Waals surface area contributed by atoms with Gasteiger partial charge in [-0.2, -0.15) is 13.2 Å². The van der Waals surface area contributed by atoms with Crippen LogP contribution < -0.4 is 22.1 Å². The van der Waals surface area contributed by atoms with Gasteiger partial charge in [-0.1, -0.05) is 58.0 Å². The Morgan fingerprint density at radius 3 is 2.00 bits per heavy atom. The van der Waals surface area contributed by atoms with Gasteiger partial charge in [0.1, 0.15) is 18.2 Å². The van der Waals surface area contributed by atoms with Gasteiger partial charge in [0.05, 0.1) is 18.6 Å². The Hall–Kier alpha value is -5.40. The minimum atomic E-state index is -5.08. The number of nitrogens with one attached hydrogen (secondary N) is 2. The van der Waals surface area contributed by atoms with Crippen LogP contribution in [0.4, 0.5) is 22.0 Å². The first-order chi connectivity index (χ1) is 26.1. The van der Waals surface area contributed by atoms with Gasteiger partial charge in [0.2, 0.25) is 17.7 Å². The summed E-state index contributed by atoms with van der Waals surface area (Å²) < 4.78 is 62.7. The molecule has 0 aliphatic heterocycles. The predicted octanol–water partition coefficient (Wildman–Crippen LogP) is 3.41.